The van der Waals surface area contributed by atoms with Gasteiger partial charge < -0.3 is 18.5 Å². The number of carbonyl (C=O) groups is 1. The van der Waals surface area contributed by atoms with Gasteiger partial charge >= 0.3 is 13.8 Å². The van der Waals surface area contributed by atoms with E-state index in [-0.39, 0.29) is 0 Å². The fourth-order valence-electron chi connectivity index (χ4n) is 0.671. The predicted octanol–water partition coefficient (Wildman–Crippen LogP) is 1.77. The van der Waals surface area contributed by atoms with Crippen LogP contribution in [0.3, 0.4) is 0 Å². The van der Waals surface area contributed by atoms with Crippen LogP contribution >= 0.6 is 7.60 Å². The Labute approximate surface area is 82.3 Å². The Morgan fingerprint density at radius 3 is 2.14 bits per heavy atom. The van der Waals surface area contributed by atoms with Crippen LogP contribution in [0, 0.1) is 0 Å². The number of carbonyl (C=O) groups excluding carboxylic acids is 1. The van der Waals surface area contributed by atoms with Crippen LogP contribution in [-0.4, -0.2) is 33.3 Å². The Bertz CT molecular complexity index is 243. The first-order valence-electron chi connectivity index (χ1n) is 3.62. The largest absolute Gasteiger partial charge is 0.509 e. The SMILES string of the molecule is C=C[C@@H](OC(=O)OC)P(=O)(OC)OC. The molecule has 0 heterocycles. The maximum atomic E-state index is 11.7. The minimum atomic E-state index is -3.50. The average Bonchev–Trinajstić information content (AvgIpc) is 2.24. The molecule has 0 aliphatic heterocycles. The van der Waals surface area contributed by atoms with E-state index in [0.717, 1.165) is 13.2 Å². The summed E-state index contributed by atoms with van der Waals surface area (Å²) < 4.78 is 29.7. The molecule has 0 unspecified atom stereocenters. The lowest BCUT2D eigenvalue weighted by Crippen LogP contribution is -2.17. The van der Waals surface area contributed by atoms with E-state index < -0.39 is 19.6 Å². The molecular weight excluding hydrogens is 211 g/mol. The van der Waals surface area contributed by atoms with Crippen LogP contribution < -0.4 is 0 Å². The molecule has 0 aliphatic carbocycles. The Kier molecular flexibility index (Phi) is 5.45. The lowest BCUT2D eigenvalue weighted by atomic mass is 10.7. The Hall–Kier alpha value is -0.840. The van der Waals surface area contributed by atoms with Gasteiger partial charge in [0.05, 0.1) is 7.11 Å². The van der Waals surface area contributed by atoms with Crippen LogP contribution in [0.15, 0.2) is 12.7 Å². The minimum absolute atomic E-state index is 0.982. The van der Waals surface area contributed by atoms with Gasteiger partial charge in [0.15, 0.2) is 0 Å². The smallest absolute Gasteiger partial charge is 0.438 e. The third-order valence-corrected chi connectivity index (χ3v) is 3.36. The van der Waals surface area contributed by atoms with Crippen LogP contribution in [0.1, 0.15) is 0 Å². The van der Waals surface area contributed by atoms with Crippen molar-refractivity contribution in [2.75, 3.05) is 21.3 Å². The van der Waals surface area contributed by atoms with Gasteiger partial charge in [-0.2, -0.15) is 0 Å². The van der Waals surface area contributed by atoms with Gasteiger partial charge in [0.25, 0.3) is 0 Å². The molecule has 0 fully saturated rings. The zero-order valence-corrected chi connectivity index (χ0v) is 9.15. The maximum Gasteiger partial charge on any atom is 0.509 e. The maximum absolute atomic E-state index is 11.7. The summed E-state index contributed by atoms with van der Waals surface area (Å²) in [7, 11) is -0.00358. The highest BCUT2D eigenvalue weighted by atomic mass is 31.2. The second-order valence-electron chi connectivity index (χ2n) is 2.10. The molecule has 0 spiro atoms. The molecular formula is C7H13O6P. The van der Waals surface area contributed by atoms with Crippen molar-refractivity contribution >= 4 is 13.8 Å². The Morgan fingerprint density at radius 1 is 1.36 bits per heavy atom. The zero-order chi connectivity index (χ0) is 11.2. The number of ether oxygens (including phenoxy) is 2. The summed E-state index contributed by atoms with van der Waals surface area (Å²) in [6.07, 6.45) is 0.161. The summed E-state index contributed by atoms with van der Waals surface area (Å²) >= 11 is 0. The third-order valence-electron chi connectivity index (χ3n) is 1.41. The average molecular weight is 224 g/mol. The van der Waals surface area contributed by atoms with Crippen LogP contribution in [-0.2, 0) is 23.1 Å². The summed E-state index contributed by atoms with van der Waals surface area (Å²) in [5.41, 5.74) is 0. The van der Waals surface area contributed by atoms with Crippen molar-refractivity contribution in [2.24, 2.45) is 0 Å². The van der Waals surface area contributed by atoms with Gasteiger partial charge in [-0.25, -0.2) is 4.79 Å². The third kappa shape index (κ3) is 3.14. The van der Waals surface area contributed by atoms with Crippen LogP contribution in [0.5, 0.6) is 0 Å². The zero-order valence-electron chi connectivity index (χ0n) is 8.26. The molecule has 82 valence electrons. The topological polar surface area (TPSA) is 71.1 Å². The molecule has 0 saturated carbocycles. The van der Waals surface area contributed by atoms with Crippen molar-refractivity contribution < 1.29 is 27.9 Å². The molecule has 0 bridgehead atoms. The van der Waals surface area contributed by atoms with Crippen LogP contribution in [0.4, 0.5) is 4.79 Å². The number of hydrogen-bond acceptors (Lipinski definition) is 6. The normalized spacial score (nSPS) is 13.1. The van der Waals surface area contributed by atoms with E-state index in [0.29, 0.717) is 0 Å². The molecule has 0 radical (unpaired) electrons. The fraction of sp³-hybridized carbons (Fsp3) is 0.571. The van der Waals surface area contributed by atoms with Crippen LogP contribution in [0.25, 0.3) is 0 Å². The minimum Gasteiger partial charge on any atom is -0.438 e. The summed E-state index contributed by atoms with van der Waals surface area (Å²) in [5, 5.41) is 0. The highest BCUT2D eigenvalue weighted by Gasteiger charge is 2.35. The highest BCUT2D eigenvalue weighted by Crippen LogP contribution is 2.52. The molecule has 0 aromatic rings. The fourth-order valence-corrected chi connectivity index (χ4v) is 1.71. The van der Waals surface area contributed by atoms with Crippen molar-refractivity contribution in [1.29, 1.82) is 0 Å². The molecule has 6 nitrogen and oxygen atoms in total. The van der Waals surface area contributed by atoms with Crippen molar-refractivity contribution in [2.45, 2.75) is 5.85 Å². The van der Waals surface area contributed by atoms with E-state index in [9.17, 15) is 9.36 Å². The van der Waals surface area contributed by atoms with E-state index in [1.54, 1.807) is 0 Å². The molecule has 0 rings (SSSR count). The van der Waals surface area contributed by atoms with E-state index >= 15 is 0 Å². The number of rotatable bonds is 5. The molecule has 0 aliphatic rings. The summed E-state index contributed by atoms with van der Waals surface area (Å²) in [6, 6.07) is 0. The molecule has 0 aromatic carbocycles. The molecule has 0 amide bonds. The first-order chi connectivity index (χ1) is 6.53. The molecule has 0 N–H and O–H groups in total. The molecule has 7 heteroatoms. The van der Waals surface area contributed by atoms with Crippen LogP contribution in [0.2, 0.25) is 0 Å². The molecule has 14 heavy (non-hydrogen) atoms. The van der Waals surface area contributed by atoms with Gasteiger partial charge in [0.2, 0.25) is 5.85 Å². The Morgan fingerprint density at radius 2 is 1.86 bits per heavy atom. The van der Waals surface area contributed by atoms with E-state index in [4.69, 9.17) is 0 Å². The summed E-state index contributed by atoms with van der Waals surface area (Å²) in [5.74, 6) is -1.18. The first kappa shape index (κ1) is 13.2. The summed E-state index contributed by atoms with van der Waals surface area (Å²) in [4.78, 5) is 10.7. The van der Waals surface area contributed by atoms with Crippen molar-refractivity contribution in [1.82, 2.24) is 0 Å². The van der Waals surface area contributed by atoms with Gasteiger partial charge in [0, 0.05) is 14.2 Å². The predicted molar refractivity (Wildman–Crippen MR) is 49.1 cm³/mol. The number of hydrogen-bond donors (Lipinski definition) is 0. The van der Waals surface area contributed by atoms with Gasteiger partial charge in [-0.05, 0) is 6.08 Å². The first-order valence-corrected chi connectivity index (χ1v) is 5.23. The molecule has 0 saturated heterocycles. The van der Waals surface area contributed by atoms with E-state index in [1.807, 2.05) is 0 Å². The molecule has 0 aromatic heterocycles. The quantitative estimate of drug-likeness (QED) is 0.402. The van der Waals surface area contributed by atoms with Gasteiger partial charge in [-0.1, -0.05) is 6.58 Å². The van der Waals surface area contributed by atoms with Gasteiger partial charge in [0.1, 0.15) is 0 Å². The van der Waals surface area contributed by atoms with E-state index in [1.165, 1.54) is 14.2 Å². The van der Waals surface area contributed by atoms with Crippen molar-refractivity contribution in [3.63, 3.8) is 0 Å². The second kappa shape index (κ2) is 5.80. The monoisotopic (exact) mass is 224 g/mol. The summed E-state index contributed by atoms with van der Waals surface area (Å²) in [6.45, 7) is 3.35. The second-order valence-corrected chi connectivity index (χ2v) is 4.42. The van der Waals surface area contributed by atoms with Gasteiger partial charge in [-0.3, -0.25) is 4.57 Å². The van der Waals surface area contributed by atoms with Crippen molar-refractivity contribution in [3.8, 4) is 0 Å². The number of methoxy groups -OCH3 is 1. The standard InChI is InChI=1S/C7H13O6P/c1-5-6(13-7(8)10-2)14(9,11-3)12-4/h5-6H,1H2,2-4H3/t6-/m0/s1. The highest BCUT2D eigenvalue weighted by molar-refractivity contribution is 7.54. The lowest BCUT2D eigenvalue weighted by Gasteiger charge is -2.20. The van der Waals surface area contributed by atoms with Crippen molar-refractivity contribution in [3.05, 3.63) is 12.7 Å². The lowest BCUT2D eigenvalue weighted by molar-refractivity contribution is 0.0627. The Balaban J connectivity index is 4.62. The van der Waals surface area contributed by atoms with E-state index in [2.05, 4.69) is 25.1 Å². The van der Waals surface area contributed by atoms with Gasteiger partial charge in [-0.15, -0.1) is 0 Å². The molecule has 1 atom stereocenters.